The molecule has 3 heterocycles. The van der Waals surface area contributed by atoms with Gasteiger partial charge in [-0.15, -0.1) is 0 Å². The van der Waals surface area contributed by atoms with Crippen LogP contribution in [-0.4, -0.2) is 80.2 Å². The summed E-state index contributed by atoms with van der Waals surface area (Å²) in [6.45, 7) is 5.40. The van der Waals surface area contributed by atoms with Gasteiger partial charge in [-0.1, -0.05) is 0 Å². The van der Waals surface area contributed by atoms with Gasteiger partial charge >= 0.3 is 6.09 Å². The SMILES string of the molecule is CNC(=O)O[C@@H]1OC=C(C(=O)NN2CCN(C)CC2)[C@H]2C[C@@H]3O[C@]3(C)[C@H]12. The van der Waals surface area contributed by atoms with Crippen molar-refractivity contribution in [3.63, 3.8) is 0 Å². The largest absolute Gasteiger partial charge is 0.461 e. The Morgan fingerprint density at radius 1 is 1.31 bits per heavy atom. The van der Waals surface area contributed by atoms with Gasteiger partial charge in [-0.05, 0) is 20.4 Å². The molecule has 0 radical (unpaired) electrons. The molecule has 3 aliphatic heterocycles. The third-order valence-corrected chi connectivity index (χ3v) is 6.02. The van der Waals surface area contributed by atoms with Crippen molar-refractivity contribution in [3.05, 3.63) is 11.8 Å². The van der Waals surface area contributed by atoms with Crippen molar-refractivity contribution >= 4 is 12.0 Å². The maximum Gasteiger partial charge on any atom is 0.409 e. The van der Waals surface area contributed by atoms with E-state index in [0.29, 0.717) is 5.57 Å². The van der Waals surface area contributed by atoms with Crippen LogP contribution in [0.1, 0.15) is 13.3 Å². The number of carbonyl (C=O) groups excluding carboxylic acids is 2. The topological polar surface area (TPSA) is 95.7 Å². The average molecular weight is 366 g/mol. The van der Waals surface area contributed by atoms with Crippen LogP contribution in [0, 0.1) is 11.8 Å². The molecule has 2 N–H and O–H groups in total. The van der Waals surface area contributed by atoms with Crippen molar-refractivity contribution < 1.29 is 23.8 Å². The molecule has 5 atom stereocenters. The summed E-state index contributed by atoms with van der Waals surface area (Å²) in [4.78, 5) is 26.7. The molecule has 0 unspecified atom stereocenters. The van der Waals surface area contributed by atoms with E-state index in [4.69, 9.17) is 14.2 Å². The van der Waals surface area contributed by atoms with Gasteiger partial charge in [-0.2, -0.15) is 0 Å². The number of alkyl carbamates (subject to hydrolysis) is 1. The summed E-state index contributed by atoms with van der Waals surface area (Å²) in [6, 6.07) is 0. The molecule has 9 nitrogen and oxygen atoms in total. The van der Waals surface area contributed by atoms with Crippen molar-refractivity contribution in [2.45, 2.75) is 31.3 Å². The first-order valence-electron chi connectivity index (χ1n) is 9.08. The van der Waals surface area contributed by atoms with E-state index in [1.165, 1.54) is 13.3 Å². The lowest BCUT2D eigenvalue weighted by Crippen LogP contribution is -2.54. The van der Waals surface area contributed by atoms with Gasteiger partial charge in [0.25, 0.3) is 12.2 Å². The minimum Gasteiger partial charge on any atom is -0.461 e. The monoisotopic (exact) mass is 366 g/mol. The van der Waals surface area contributed by atoms with Crippen LogP contribution >= 0.6 is 0 Å². The Morgan fingerprint density at radius 2 is 2.04 bits per heavy atom. The number of hydrogen-bond donors (Lipinski definition) is 2. The molecule has 4 aliphatic rings. The van der Waals surface area contributed by atoms with E-state index in [-0.39, 0.29) is 23.8 Å². The number of carbonyl (C=O) groups is 2. The van der Waals surface area contributed by atoms with E-state index in [9.17, 15) is 9.59 Å². The van der Waals surface area contributed by atoms with Crippen LogP contribution < -0.4 is 10.7 Å². The number of rotatable bonds is 3. The Morgan fingerprint density at radius 3 is 2.73 bits per heavy atom. The van der Waals surface area contributed by atoms with Crippen LogP contribution in [0.4, 0.5) is 4.79 Å². The molecule has 0 aromatic carbocycles. The van der Waals surface area contributed by atoms with Gasteiger partial charge < -0.3 is 24.4 Å². The first kappa shape index (κ1) is 17.6. The van der Waals surface area contributed by atoms with Crippen molar-refractivity contribution in [2.75, 3.05) is 40.3 Å². The van der Waals surface area contributed by atoms with E-state index in [1.807, 2.05) is 11.9 Å². The smallest absolute Gasteiger partial charge is 0.409 e. The normalized spacial score (nSPS) is 39.1. The Bertz CT molecular complexity index is 633. The van der Waals surface area contributed by atoms with E-state index >= 15 is 0 Å². The predicted molar refractivity (Wildman–Crippen MR) is 90.6 cm³/mol. The van der Waals surface area contributed by atoms with E-state index < -0.39 is 18.0 Å². The fraction of sp³-hybridized carbons (Fsp3) is 0.765. The van der Waals surface area contributed by atoms with Gasteiger partial charge in [0.2, 0.25) is 0 Å². The van der Waals surface area contributed by atoms with Crippen LogP contribution in [0.15, 0.2) is 11.8 Å². The highest BCUT2D eigenvalue weighted by Crippen LogP contribution is 2.60. The molecule has 3 fully saturated rings. The van der Waals surface area contributed by atoms with E-state index in [2.05, 4.69) is 22.7 Å². The summed E-state index contributed by atoms with van der Waals surface area (Å²) in [5.41, 5.74) is 3.18. The maximum absolute atomic E-state index is 12.8. The third-order valence-electron chi connectivity index (χ3n) is 6.02. The highest BCUT2D eigenvalue weighted by molar-refractivity contribution is 5.93. The minimum absolute atomic E-state index is 0.0466. The summed E-state index contributed by atoms with van der Waals surface area (Å²) in [6.07, 6.45) is 0.960. The second kappa shape index (κ2) is 6.40. The summed E-state index contributed by atoms with van der Waals surface area (Å²) in [5.74, 6) is -0.384. The molecular formula is C17H26N4O5. The van der Waals surface area contributed by atoms with Gasteiger partial charge in [-0.25, -0.2) is 9.80 Å². The maximum atomic E-state index is 12.8. The summed E-state index contributed by atoms with van der Waals surface area (Å²) >= 11 is 0. The minimum atomic E-state index is -0.752. The third kappa shape index (κ3) is 2.93. The molecule has 144 valence electrons. The molecule has 26 heavy (non-hydrogen) atoms. The fourth-order valence-corrected chi connectivity index (χ4v) is 4.33. The first-order chi connectivity index (χ1) is 12.4. The Balaban J connectivity index is 1.47. The summed E-state index contributed by atoms with van der Waals surface area (Å²) in [5, 5.41) is 4.38. The van der Waals surface area contributed by atoms with Crippen molar-refractivity contribution in [1.29, 1.82) is 0 Å². The van der Waals surface area contributed by atoms with Crippen LogP contribution in [0.5, 0.6) is 0 Å². The summed E-state index contributed by atoms with van der Waals surface area (Å²) in [7, 11) is 3.57. The lowest BCUT2D eigenvalue weighted by Gasteiger charge is -2.37. The van der Waals surface area contributed by atoms with Crippen molar-refractivity contribution in [2.24, 2.45) is 11.8 Å². The molecule has 0 aromatic rings. The van der Waals surface area contributed by atoms with Crippen LogP contribution in [0.3, 0.4) is 0 Å². The van der Waals surface area contributed by atoms with Gasteiger partial charge in [-0.3, -0.25) is 10.2 Å². The van der Waals surface area contributed by atoms with Crippen LogP contribution in [0.25, 0.3) is 0 Å². The van der Waals surface area contributed by atoms with Gasteiger partial charge in [0.1, 0.15) is 5.60 Å². The highest BCUT2D eigenvalue weighted by Gasteiger charge is 2.70. The molecule has 2 saturated heterocycles. The van der Waals surface area contributed by atoms with Gasteiger partial charge in [0, 0.05) is 39.1 Å². The van der Waals surface area contributed by atoms with Crippen molar-refractivity contribution in [1.82, 2.24) is 20.7 Å². The number of hydrazine groups is 1. The average Bonchev–Trinajstić information content (AvgIpc) is 3.17. The lowest BCUT2D eigenvalue weighted by atomic mass is 9.82. The first-order valence-corrected chi connectivity index (χ1v) is 9.08. The van der Waals surface area contributed by atoms with E-state index in [0.717, 1.165) is 32.6 Å². The number of ether oxygens (including phenoxy) is 3. The number of piperazine rings is 1. The fourth-order valence-electron chi connectivity index (χ4n) is 4.33. The predicted octanol–water partition coefficient (Wildman–Crippen LogP) is -0.345. The molecule has 1 aliphatic carbocycles. The number of epoxide rings is 1. The number of hydrogen-bond acceptors (Lipinski definition) is 7. The zero-order valence-electron chi connectivity index (χ0n) is 15.4. The molecule has 4 rings (SSSR count). The van der Waals surface area contributed by atoms with Crippen LogP contribution in [0.2, 0.25) is 0 Å². The molecule has 0 aromatic heterocycles. The lowest BCUT2D eigenvalue weighted by molar-refractivity contribution is -0.143. The number of nitrogens with zero attached hydrogens (tertiary/aromatic N) is 2. The molecule has 0 bridgehead atoms. The second-order valence-electron chi connectivity index (χ2n) is 7.62. The highest BCUT2D eigenvalue weighted by atomic mass is 16.7. The number of nitrogens with one attached hydrogen (secondary N) is 2. The van der Waals surface area contributed by atoms with Gasteiger partial charge in [0.05, 0.1) is 23.9 Å². The Kier molecular flexibility index (Phi) is 4.32. The Labute approximate surface area is 152 Å². The van der Waals surface area contributed by atoms with Gasteiger partial charge in [0.15, 0.2) is 0 Å². The van der Waals surface area contributed by atoms with Crippen molar-refractivity contribution in [3.8, 4) is 0 Å². The molecule has 1 saturated carbocycles. The Hall–Kier alpha value is -1.84. The molecule has 0 spiro atoms. The second-order valence-corrected chi connectivity index (χ2v) is 7.62. The quantitative estimate of drug-likeness (QED) is 0.660. The zero-order chi connectivity index (χ0) is 18.5. The number of likely N-dealkylation sites (N-methyl/N-ethyl adjacent to an activating group) is 1. The molecule has 9 heteroatoms. The molecule has 2 amide bonds. The standard InChI is InChI=1S/C17H26N4O5/c1-17-12(26-17)8-10-11(9-24-15(13(10)17)25-16(23)18-2)14(22)19-21-6-4-20(3)5-7-21/h9-10,12-13,15H,4-8H2,1-3H3,(H,18,23)(H,19,22)/t10-,12+,13+,15+,17+/m1/s1. The zero-order valence-corrected chi connectivity index (χ0v) is 15.4. The van der Waals surface area contributed by atoms with E-state index in [1.54, 1.807) is 0 Å². The number of fused-ring (bicyclic) bond motifs is 3. The summed E-state index contributed by atoms with van der Waals surface area (Å²) < 4.78 is 16.8. The van der Waals surface area contributed by atoms with Crippen LogP contribution in [-0.2, 0) is 19.0 Å². The number of amides is 2. The molecular weight excluding hydrogens is 340 g/mol.